The molecule has 3 rings (SSSR count). The summed E-state index contributed by atoms with van der Waals surface area (Å²) in [5.74, 6) is 0.958. The van der Waals surface area contributed by atoms with Crippen molar-refractivity contribution in [1.29, 1.82) is 0 Å². The van der Waals surface area contributed by atoms with E-state index in [0.717, 1.165) is 24.0 Å². The summed E-state index contributed by atoms with van der Waals surface area (Å²) in [7, 11) is 2.10. The number of nitrogens with one attached hydrogen (secondary N) is 1. The quantitative estimate of drug-likeness (QED) is 0.789. The number of hydrogen-bond donors (Lipinski definition) is 1. The van der Waals surface area contributed by atoms with Crippen LogP contribution in [0.2, 0.25) is 0 Å². The summed E-state index contributed by atoms with van der Waals surface area (Å²) in [6.45, 7) is 1.24. The zero-order chi connectivity index (χ0) is 11.0. The third kappa shape index (κ3) is 1.91. The van der Waals surface area contributed by atoms with E-state index < -0.39 is 0 Å². The highest BCUT2D eigenvalue weighted by Crippen LogP contribution is 2.42. The Hall–Kier alpha value is -0.0800. The molecule has 2 bridgehead atoms. The van der Waals surface area contributed by atoms with Gasteiger partial charge in [0.1, 0.15) is 0 Å². The van der Waals surface area contributed by atoms with E-state index in [2.05, 4.69) is 17.3 Å². The maximum Gasteiger partial charge on any atom is 0.0105 e. The van der Waals surface area contributed by atoms with Crippen molar-refractivity contribution in [3.8, 4) is 0 Å². The Labute approximate surface area is 99.8 Å². The van der Waals surface area contributed by atoms with Gasteiger partial charge in [-0.1, -0.05) is 12.8 Å². The molecule has 16 heavy (non-hydrogen) atoms. The SMILES string of the molecule is CNCC1CC2CCC(C1)N2C1CCCC1. The minimum absolute atomic E-state index is 0.945. The van der Waals surface area contributed by atoms with E-state index >= 15 is 0 Å². The molecule has 2 unspecified atom stereocenters. The average molecular weight is 222 g/mol. The predicted molar refractivity (Wildman–Crippen MR) is 67.6 cm³/mol. The lowest BCUT2D eigenvalue weighted by Crippen LogP contribution is -2.49. The first-order chi connectivity index (χ1) is 7.88. The predicted octanol–water partition coefficient (Wildman–Crippen LogP) is 2.39. The van der Waals surface area contributed by atoms with Crippen molar-refractivity contribution in [2.45, 2.75) is 69.5 Å². The lowest BCUT2D eigenvalue weighted by atomic mass is 9.89. The summed E-state index contributed by atoms with van der Waals surface area (Å²) >= 11 is 0. The average Bonchev–Trinajstić information content (AvgIpc) is 2.85. The van der Waals surface area contributed by atoms with Gasteiger partial charge in [-0.2, -0.15) is 0 Å². The second-order valence-corrected chi connectivity index (χ2v) is 6.17. The van der Waals surface area contributed by atoms with E-state index in [0.29, 0.717) is 0 Å². The van der Waals surface area contributed by atoms with Crippen molar-refractivity contribution in [3.05, 3.63) is 0 Å². The van der Waals surface area contributed by atoms with E-state index in [9.17, 15) is 0 Å². The van der Waals surface area contributed by atoms with Gasteiger partial charge in [-0.15, -0.1) is 0 Å². The summed E-state index contributed by atoms with van der Waals surface area (Å²) in [5, 5.41) is 3.37. The van der Waals surface area contributed by atoms with Crippen LogP contribution in [0.5, 0.6) is 0 Å². The van der Waals surface area contributed by atoms with Gasteiger partial charge in [0.15, 0.2) is 0 Å². The van der Waals surface area contributed by atoms with Gasteiger partial charge in [0, 0.05) is 18.1 Å². The molecule has 2 heterocycles. The van der Waals surface area contributed by atoms with Crippen LogP contribution in [0.15, 0.2) is 0 Å². The van der Waals surface area contributed by atoms with E-state index in [1.165, 1.54) is 57.9 Å². The van der Waals surface area contributed by atoms with Gasteiger partial charge in [-0.25, -0.2) is 0 Å². The second kappa shape index (κ2) is 4.66. The fourth-order valence-electron chi connectivity index (χ4n) is 4.58. The van der Waals surface area contributed by atoms with Crippen molar-refractivity contribution in [2.75, 3.05) is 13.6 Å². The van der Waals surface area contributed by atoms with E-state index in [-0.39, 0.29) is 0 Å². The molecule has 2 nitrogen and oxygen atoms in total. The Bertz CT molecular complexity index is 221. The first-order valence-electron chi connectivity index (χ1n) is 7.30. The Balaban J connectivity index is 1.65. The summed E-state index contributed by atoms with van der Waals surface area (Å²) < 4.78 is 0. The highest BCUT2D eigenvalue weighted by molar-refractivity contribution is 4.99. The standard InChI is InChI=1S/C14H26N2/c1-15-10-11-8-13-6-7-14(9-11)16(13)12-4-2-3-5-12/h11-15H,2-10H2,1H3. The van der Waals surface area contributed by atoms with Gasteiger partial charge >= 0.3 is 0 Å². The maximum atomic E-state index is 3.37. The first-order valence-corrected chi connectivity index (χ1v) is 7.30. The van der Waals surface area contributed by atoms with Crippen molar-refractivity contribution in [3.63, 3.8) is 0 Å². The van der Waals surface area contributed by atoms with Gasteiger partial charge in [0.25, 0.3) is 0 Å². The number of hydrogen-bond acceptors (Lipinski definition) is 2. The fraction of sp³-hybridized carbons (Fsp3) is 1.00. The molecular weight excluding hydrogens is 196 g/mol. The van der Waals surface area contributed by atoms with Gasteiger partial charge < -0.3 is 5.32 Å². The number of fused-ring (bicyclic) bond motifs is 2. The van der Waals surface area contributed by atoms with Crippen LogP contribution in [0, 0.1) is 5.92 Å². The molecule has 2 aliphatic heterocycles. The maximum absolute atomic E-state index is 3.37. The molecule has 2 atom stereocenters. The van der Waals surface area contributed by atoms with Crippen LogP contribution in [-0.2, 0) is 0 Å². The molecule has 0 aromatic carbocycles. The van der Waals surface area contributed by atoms with E-state index in [1.54, 1.807) is 0 Å². The van der Waals surface area contributed by atoms with Crippen LogP contribution in [-0.4, -0.2) is 36.6 Å². The molecule has 0 spiro atoms. The smallest absolute Gasteiger partial charge is 0.0105 e. The van der Waals surface area contributed by atoms with Crippen LogP contribution < -0.4 is 5.32 Å². The molecule has 0 aromatic heterocycles. The molecular formula is C14H26N2. The normalized spacial score (nSPS) is 40.7. The highest BCUT2D eigenvalue weighted by Gasteiger charge is 2.43. The fourth-order valence-corrected chi connectivity index (χ4v) is 4.58. The largest absolute Gasteiger partial charge is 0.319 e. The molecule has 0 aromatic rings. The minimum Gasteiger partial charge on any atom is -0.319 e. The summed E-state index contributed by atoms with van der Waals surface area (Å²) in [6.07, 6.45) is 11.9. The second-order valence-electron chi connectivity index (χ2n) is 6.17. The third-order valence-corrected chi connectivity index (χ3v) is 5.13. The Morgan fingerprint density at radius 1 is 0.938 bits per heavy atom. The van der Waals surface area contributed by atoms with E-state index in [1.807, 2.05) is 0 Å². The topological polar surface area (TPSA) is 15.3 Å². The lowest BCUT2D eigenvalue weighted by Gasteiger charge is -2.42. The zero-order valence-electron chi connectivity index (χ0n) is 10.6. The molecule has 2 saturated heterocycles. The van der Waals surface area contributed by atoms with E-state index in [4.69, 9.17) is 0 Å². The summed E-state index contributed by atoms with van der Waals surface area (Å²) in [4.78, 5) is 2.94. The molecule has 3 fully saturated rings. The summed E-state index contributed by atoms with van der Waals surface area (Å²) in [5.41, 5.74) is 0. The van der Waals surface area contributed by atoms with Crippen molar-refractivity contribution in [2.24, 2.45) is 5.92 Å². The zero-order valence-corrected chi connectivity index (χ0v) is 10.6. The highest BCUT2D eigenvalue weighted by atomic mass is 15.2. The molecule has 1 aliphatic carbocycles. The third-order valence-electron chi connectivity index (χ3n) is 5.13. The lowest BCUT2D eigenvalue weighted by molar-refractivity contribution is 0.0618. The van der Waals surface area contributed by atoms with Crippen molar-refractivity contribution in [1.82, 2.24) is 10.2 Å². The number of rotatable bonds is 3. The molecule has 92 valence electrons. The number of piperidine rings is 1. The van der Waals surface area contributed by atoms with Gasteiger partial charge in [0.2, 0.25) is 0 Å². The van der Waals surface area contributed by atoms with Gasteiger partial charge in [-0.3, -0.25) is 4.90 Å². The van der Waals surface area contributed by atoms with Crippen molar-refractivity contribution >= 4 is 0 Å². The molecule has 2 heteroatoms. The van der Waals surface area contributed by atoms with Crippen LogP contribution >= 0.6 is 0 Å². The molecule has 3 aliphatic rings. The van der Waals surface area contributed by atoms with Crippen LogP contribution in [0.1, 0.15) is 51.4 Å². The van der Waals surface area contributed by atoms with Gasteiger partial charge in [0.05, 0.1) is 0 Å². The Kier molecular flexibility index (Phi) is 3.21. The Morgan fingerprint density at radius 2 is 1.56 bits per heavy atom. The molecule has 1 saturated carbocycles. The molecule has 0 radical (unpaired) electrons. The monoisotopic (exact) mass is 222 g/mol. The Morgan fingerprint density at radius 3 is 2.12 bits per heavy atom. The molecule has 1 N–H and O–H groups in total. The van der Waals surface area contributed by atoms with Gasteiger partial charge in [-0.05, 0) is 58.0 Å². The first kappa shape index (κ1) is 11.0. The molecule has 0 amide bonds. The van der Waals surface area contributed by atoms with Crippen molar-refractivity contribution < 1.29 is 0 Å². The summed E-state index contributed by atoms with van der Waals surface area (Å²) in [6, 6.07) is 2.86. The minimum atomic E-state index is 0.945. The number of nitrogens with zero attached hydrogens (tertiary/aromatic N) is 1. The van der Waals surface area contributed by atoms with Crippen LogP contribution in [0.25, 0.3) is 0 Å². The van der Waals surface area contributed by atoms with Crippen LogP contribution in [0.4, 0.5) is 0 Å². The van der Waals surface area contributed by atoms with Crippen LogP contribution in [0.3, 0.4) is 0 Å².